The van der Waals surface area contributed by atoms with Crippen molar-refractivity contribution in [3.05, 3.63) is 72.8 Å². The van der Waals surface area contributed by atoms with E-state index in [9.17, 15) is 4.39 Å². The molecular formula is C22H14FN7. The molecule has 30 heavy (non-hydrogen) atoms. The zero-order valence-corrected chi connectivity index (χ0v) is 15.5. The van der Waals surface area contributed by atoms with Crippen molar-refractivity contribution >= 4 is 22.1 Å². The molecule has 0 aliphatic carbocycles. The van der Waals surface area contributed by atoms with Gasteiger partial charge in [-0.25, -0.2) is 14.4 Å². The highest BCUT2D eigenvalue weighted by Crippen LogP contribution is 2.31. The van der Waals surface area contributed by atoms with Gasteiger partial charge in [0.15, 0.2) is 11.5 Å². The van der Waals surface area contributed by atoms with Gasteiger partial charge in [-0.1, -0.05) is 24.3 Å². The maximum absolute atomic E-state index is 13.8. The summed E-state index contributed by atoms with van der Waals surface area (Å²) in [6.07, 6.45) is 3.51. The van der Waals surface area contributed by atoms with Gasteiger partial charge in [0.1, 0.15) is 11.3 Å². The monoisotopic (exact) mass is 395 g/mol. The number of para-hydroxylation sites is 1. The first-order valence-corrected chi connectivity index (χ1v) is 9.35. The minimum Gasteiger partial charge on any atom is -0.336 e. The van der Waals surface area contributed by atoms with Crippen LogP contribution in [0.15, 0.2) is 67.0 Å². The second kappa shape index (κ2) is 6.35. The van der Waals surface area contributed by atoms with Gasteiger partial charge in [-0.15, -0.1) is 0 Å². The van der Waals surface area contributed by atoms with Crippen LogP contribution in [0.3, 0.4) is 0 Å². The van der Waals surface area contributed by atoms with Gasteiger partial charge >= 0.3 is 0 Å². The number of nitrogens with one attached hydrogen (secondary N) is 3. The van der Waals surface area contributed by atoms with Gasteiger partial charge in [0.25, 0.3) is 0 Å². The van der Waals surface area contributed by atoms with Crippen LogP contribution in [-0.4, -0.2) is 35.3 Å². The lowest BCUT2D eigenvalue weighted by atomic mass is 10.0. The lowest BCUT2D eigenvalue weighted by Gasteiger charge is -2.02. The van der Waals surface area contributed by atoms with E-state index in [2.05, 4.69) is 25.4 Å². The molecule has 0 unspecified atom stereocenters. The summed E-state index contributed by atoms with van der Waals surface area (Å²) in [7, 11) is 0. The fourth-order valence-corrected chi connectivity index (χ4v) is 3.65. The van der Waals surface area contributed by atoms with Gasteiger partial charge in [0.05, 0.1) is 28.4 Å². The van der Waals surface area contributed by atoms with Crippen LogP contribution in [-0.2, 0) is 0 Å². The van der Waals surface area contributed by atoms with Gasteiger partial charge in [0.2, 0.25) is 0 Å². The number of aromatic nitrogens is 7. The molecule has 3 N–H and O–H groups in total. The summed E-state index contributed by atoms with van der Waals surface area (Å²) in [5, 5.41) is 14.2. The molecular weight excluding hydrogens is 381 g/mol. The Labute approximate surface area is 169 Å². The molecule has 0 amide bonds. The van der Waals surface area contributed by atoms with Crippen molar-refractivity contribution in [2.24, 2.45) is 0 Å². The molecule has 2 aromatic carbocycles. The van der Waals surface area contributed by atoms with E-state index >= 15 is 0 Å². The van der Waals surface area contributed by atoms with Gasteiger partial charge < -0.3 is 4.98 Å². The third kappa shape index (κ3) is 2.58. The third-order valence-corrected chi connectivity index (χ3v) is 5.07. The van der Waals surface area contributed by atoms with Crippen LogP contribution in [0.4, 0.5) is 4.39 Å². The van der Waals surface area contributed by atoms with E-state index in [-0.39, 0.29) is 5.82 Å². The van der Waals surface area contributed by atoms with Crippen molar-refractivity contribution in [3.8, 4) is 33.9 Å². The summed E-state index contributed by atoms with van der Waals surface area (Å²) in [5.41, 5.74) is 7.03. The smallest absolute Gasteiger partial charge is 0.161 e. The Morgan fingerprint density at radius 3 is 2.63 bits per heavy atom. The Balaban J connectivity index is 1.53. The normalized spacial score (nSPS) is 11.5. The zero-order chi connectivity index (χ0) is 20.1. The third-order valence-electron chi connectivity index (χ3n) is 5.07. The second-order valence-corrected chi connectivity index (χ2v) is 6.95. The number of imidazole rings is 1. The minimum absolute atomic E-state index is 0.283. The Morgan fingerprint density at radius 1 is 0.833 bits per heavy atom. The van der Waals surface area contributed by atoms with E-state index in [4.69, 9.17) is 9.97 Å². The number of benzene rings is 2. The fraction of sp³-hybridized carbons (Fsp3) is 0. The first-order valence-electron chi connectivity index (χ1n) is 9.35. The van der Waals surface area contributed by atoms with Crippen LogP contribution in [0.2, 0.25) is 0 Å². The van der Waals surface area contributed by atoms with Crippen molar-refractivity contribution in [1.82, 2.24) is 35.3 Å². The number of fused-ring (bicyclic) bond motifs is 2. The highest BCUT2D eigenvalue weighted by Gasteiger charge is 2.17. The number of rotatable bonds is 3. The summed E-state index contributed by atoms with van der Waals surface area (Å²) in [4.78, 5) is 12.9. The molecule has 4 aromatic heterocycles. The lowest BCUT2D eigenvalue weighted by molar-refractivity contribution is 0.628. The average Bonchev–Trinajstić information content (AvgIpc) is 3.51. The standard InChI is InChI=1S/C22H14FN7/c23-14-4-1-3-12(9-14)15-5-2-6-17-19(15)28-22(27-17)21-20-18(29-30-21)8-7-16(26-20)13-10-24-25-11-13/h1-11H,(H,24,25)(H,27,28)(H,29,30). The molecule has 6 aromatic rings. The van der Waals surface area contributed by atoms with Crippen molar-refractivity contribution in [1.29, 1.82) is 0 Å². The van der Waals surface area contributed by atoms with Crippen LogP contribution in [0.1, 0.15) is 0 Å². The molecule has 0 atom stereocenters. The number of hydrogen-bond acceptors (Lipinski definition) is 4. The van der Waals surface area contributed by atoms with E-state index in [0.29, 0.717) is 17.0 Å². The van der Waals surface area contributed by atoms with Gasteiger partial charge in [-0.3, -0.25) is 10.2 Å². The van der Waals surface area contributed by atoms with Crippen molar-refractivity contribution in [2.75, 3.05) is 0 Å². The van der Waals surface area contributed by atoms with Gasteiger partial charge in [-0.05, 0) is 35.9 Å². The van der Waals surface area contributed by atoms with Gasteiger partial charge in [0, 0.05) is 17.3 Å². The number of pyridine rings is 1. The molecule has 0 saturated carbocycles. The molecule has 144 valence electrons. The van der Waals surface area contributed by atoms with Crippen LogP contribution in [0.25, 0.3) is 56.0 Å². The molecule has 0 spiro atoms. The van der Waals surface area contributed by atoms with E-state index in [1.807, 2.05) is 36.4 Å². The van der Waals surface area contributed by atoms with E-state index in [1.165, 1.54) is 12.1 Å². The Bertz CT molecular complexity index is 1510. The summed E-state index contributed by atoms with van der Waals surface area (Å²) in [5.74, 6) is 0.312. The summed E-state index contributed by atoms with van der Waals surface area (Å²) < 4.78 is 13.8. The van der Waals surface area contributed by atoms with Crippen molar-refractivity contribution in [3.63, 3.8) is 0 Å². The summed E-state index contributed by atoms with van der Waals surface area (Å²) >= 11 is 0. The highest BCUT2D eigenvalue weighted by molar-refractivity contribution is 5.96. The predicted molar refractivity (Wildman–Crippen MR) is 112 cm³/mol. The van der Waals surface area contributed by atoms with Crippen LogP contribution in [0, 0.1) is 5.82 Å². The number of halogens is 1. The van der Waals surface area contributed by atoms with Crippen LogP contribution < -0.4 is 0 Å². The molecule has 8 heteroatoms. The first-order chi connectivity index (χ1) is 14.8. The fourth-order valence-electron chi connectivity index (χ4n) is 3.65. The second-order valence-electron chi connectivity index (χ2n) is 6.95. The number of nitrogens with zero attached hydrogens (tertiary/aromatic N) is 4. The highest BCUT2D eigenvalue weighted by atomic mass is 19.1. The van der Waals surface area contributed by atoms with Crippen molar-refractivity contribution < 1.29 is 4.39 Å². The molecule has 4 heterocycles. The average molecular weight is 395 g/mol. The SMILES string of the molecule is Fc1cccc(-c2cccc3[nH]c(-c4n[nH]c5ccc(-c6cn[nH]c6)nc45)nc23)c1. The molecule has 0 aliphatic rings. The minimum atomic E-state index is -0.283. The number of hydrogen-bond donors (Lipinski definition) is 3. The van der Waals surface area contributed by atoms with E-state index in [0.717, 1.165) is 38.9 Å². The Morgan fingerprint density at radius 2 is 1.77 bits per heavy atom. The topological polar surface area (TPSA) is 98.9 Å². The lowest BCUT2D eigenvalue weighted by Crippen LogP contribution is -1.86. The van der Waals surface area contributed by atoms with E-state index < -0.39 is 0 Å². The molecule has 0 saturated heterocycles. The summed E-state index contributed by atoms with van der Waals surface area (Å²) in [6, 6.07) is 16.1. The molecule has 6 rings (SSSR count). The van der Waals surface area contributed by atoms with Gasteiger partial charge in [-0.2, -0.15) is 10.2 Å². The molecule has 0 radical (unpaired) electrons. The molecule has 0 fully saturated rings. The Hall–Kier alpha value is -4.33. The quantitative estimate of drug-likeness (QED) is 0.404. The number of H-pyrrole nitrogens is 3. The van der Waals surface area contributed by atoms with E-state index in [1.54, 1.807) is 18.5 Å². The largest absolute Gasteiger partial charge is 0.336 e. The van der Waals surface area contributed by atoms with Crippen molar-refractivity contribution in [2.45, 2.75) is 0 Å². The van der Waals surface area contributed by atoms with Crippen LogP contribution in [0.5, 0.6) is 0 Å². The maximum atomic E-state index is 13.8. The maximum Gasteiger partial charge on any atom is 0.161 e. The number of aromatic amines is 3. The molecule has 0 aliphatic heterocycles. The molecule has 7 nitrogen and oxygen atoms in total. The Kier molecular flexibility index (Phi) is 3.51. The summed E-state index contributed by atoms with van der Waals surface area (Å²) in [6.45, 7) is 0. The molecule has 0 bridgehead atoms. The zero-order valence-electron chi connectivity index (χ0n) is 15.5. The van der Waals surface area contributed by atoms with Crippen LogP contribution >= 0.6 is 0 Å². The first kappa shape index (κ1) is 16.6. The predicted octanol–water partition coefficient (Wildman–Crippen LogP) is 4.70.